The fourth-order valence-electron chi connectivity index (χ4n) is 1.54. The smallest absolute Gasteiger partial charge is 0.166 e. The van der Waals surface area contributed by atoms with Crippen LogP contribution in [0.25, 0.3) is 0 Å². The van der Waals surface area contributed by atoms with Crippen molar-refractivity contribution < 1.29 is 9.22 Å². The molecule has 5 nitrogen and oxygen atoms in total. The minimum atomic E-state index is 0.613. The standard InChI is InChI=1S/C14H15N3O2S/c1-10-9-11(15)3-8-14(10)17-16-12-4-6-13(7-5-12)18-19-20-2/h3-9H,15H2,1-2H3/b17-16+. The first-order valence-electron chi connectivity index (χ1n) is 5.94. The molecule has 0 saturated carbocycles. The highest BCUT2D eigenvalue weighted by Crippen LogP contribution is 2.25. The van der Waals surface area contributed by atoms with E-state index in [1.807, 2.05) is 19.1 Å². The van der Waals surface area contributed by atoms with Crippen molar-refractivity contribution >= 4 is 29.1 Å². The molecule has 20 heavy (non-hydrogen) atoms. The third-order valence-corrected chi connectivity index (χ3v) is 2.73. The van der Waals surface area contributed by atoms with Crippen molar-refractivity contribution in [2.24, 2.45) is 10.2 Å². The summed E-state index contributed by atoms with van der Waals surface area (Å²) in [6.45, 7) is 1.95. The molecule has 0 aromatic heterocycles. The average molecular weight is 289 g/mol. The van der Waals surface area contributed by atoms with Crippen LogP contribution in [0.5, 0.6) is 5.75 Å². The molecule has 2 aromatic rings. The predicted octanol–water partition coefficient (Wildman–Crippen LogP) is 4.58. The lowest BCUT2D eigenvalue weighted by Gasteiger charge is -2.01. The second kappa shape index (κ2) is 6.93. The van der Waals surface area contributed by atoms with Gasteiger partial charge in [0.1, 0.15) is 0 Å². The summed E-state index contributed by atoms with van der Waals surface area (Å²) < 4.78 is 4.77. The van der Waals surface area contributed by atoms with Crippen LogP contribution in [0.4, 0.5) is 17.1 Å². The molecule has 0 aliphatic carbocycles. The Labute approximate surface area is 121 Å². The van der Waals surface area contributed by atoms with Crippen LogP contribution in [0, 0.1) is 6.92 Å². The van der Waals surface area contributed by atoms with Crippen LogP contribution in [-0.2, 0) is 4.33 Å². The molecule has 2 aromatic carbocycles. The lowest BCUT2D eigenvalue weighted by Crippen LogP contribution is -1.87. The summed E-state index contributed by atoms with van der Waals surface area (Å²) in [5.41, 5.74) is 8.93. The van der Waals surface area contributed by atoms with Gasteiger partial charge in [0.15, 0.2) is 5.75 Å². The number of aryl methyl sites for hydroxylation is 1. The Morgan fingerprint density at radius 1 is 1.05 bits per heavy atom. The quantitative estimate of drug-likeness (QED) is 0.287. The summed E-state index contributed by atoms with van der Waals surface area (Å²) >= 11 is 1.14. The molecule has 0 radical (unpaired) electrons. The molecule has 0 aliphatic rings. The topological polar surface area (TPSA) is 69.2 Å². The Kier molecular flexibility index (Phi) is 4.97. The van der Waals surface area contributed by atoms with E-state index < -0.39 is 0 Å². The second-order valence-electron chi connectivity index (χ2n) is 4.06. The Morgan fingerprint density at radius 2 is 1.80 bits per heavy atom. The number of nitrogens with two attached hydrogens (primary N) is 1. The summed E-state index contributed by atoms with van der Waals surface area (Å²) in [6, 6.07) is 12.6. The van der Waals surface area contributed by atoms with Crippen molar-refractivity contribution in [3.63, 3.8) is 0 Å². The fraction of sp³-hybridized carbons (Fsp3) is 0.143. The zero-order chi connectivity index (χ0) is 14.4. The number of rotatable bonds is 5. The van der Waals surface area contributed by atoms with Gasteiger partial charge in [-0.15, -0.1) is 4.33 Å². The zero-order valence-corrected chi connectivity index (χ0v) is 12.1. The van der Waals surface area contributed by atoms with Gasteiger partial charge in [-0.2, -0.15) is 10.2 Å². The summed E-state index contributed by atoms with van der Waals surface area (Å²) in [4.78, 5) is 4.98. The molecule has 2 rings (SSSR count). The fourth-order valence-corrected chi connectivity index (χ4v) is 1.69. The number of azo groups is 1. The van der Waals surface area contributed by atoms with E-state index in [0.29, 0.717) is 5.75 Å². The average Bonchev–Trinajstić information content (AvgIpc) is 2.45. The van der Waals surface area contributed by atoms with Gasteiger partial charge in [-0.05, 0) is 55.0 Å². The number of hydrogen-bond donors (Lipinski definition) is 1. The van der Waals surface area contributed by atoms with E-state index in [2.05, 4.69) is 10.2 Å². The molecular formula is C14H15N3O2S. The number of nitrogen functional groups attached to an aromatic ring is 1. The largest absolute Gasteiger partial charge is 0.399 e. The maximum atomic E-state index is 5.69. The first-order valence-corrected chi connectivity index (χ1v) is 7.09. The van der Waals surface area contributed by atoms with Crippen LogP contribution in [0.2, 0.25) is 0 Å². The molecular weight excluding hydrogens is 274 g/mol. The highest BCUT2D eigenvalue weighted by molar-refractivity contribution is 7.93. The molecule has 0 aliphatic heterocycles. The Hall–Kier alpha value is -2.05. The Morgan fingerprint density at radius 3 is 2.45 bits per heavy atom. The first-order chi connectivity index (χ1) is 9.69. The van der Waals surface area contributed by atoms with E-state index in [1.165, 1.54) is 0 Å². The number of nitrogens with zero attached hydrogens (tertiary/aromatic N) is 2. The SMILES string of the molecule is CSOOc1ccc(/N=N/c2ccc(N)cc2C)cc1. The minimum absolute atomic E-state index is 0.613. The van der Waals surface area contributed by atoms with Crippen LogP contribution in [-0.4, -0.2) is 6.26 Å². The van der Waals surface area contributed by atoms with Crippen LogP contribution < -0.4 is 10.6 Å². The Balaban J connectivity index is 2.07. The molecule has 0 saturated heterocycles. The van der Waals surface area contributed by atoms with Gasteiger partial charge in [0, 0.05) is 24.0 Å². The molecule has 0 fully saturated rings. The zero-order valence-electron chi connectivity index (χ0n) is 11.2. The van der Waals surface area contributed by atoms with E-state index in [1.54, 1.807) is 36.6 Å². The van der Waals surface area contributed by atoms with Crippen molar-refractivity contribution in [3.8, 4) is 5.75 Å². The molecule has 0 heterocycles. The highest BCUT2D eigenvalue weighted by atomic mass is 32.2. The molecule has 2 N–H and O–H groups in total. The van der Waals surface area contributed by atoms with Gasteiger partial charge >= 0.3 is 0 Å². The van der Waals surface area contributed by atoms with Gasteiger partial charge in [0.2, 0.25) is 0 Å². The Bertz CT molecular complexity index is 600. The third-order valence-electron chi connectivity index (χ3n) is 2.53. The van der Waals surface area contributed by atoms with Crippen molar-refractivity contribution in [2.75, 3.05) is 12.0 Å². The highest BCUT2D eigenvalue weighted by Gasteiger charge is 1.98. The summed E-state index contributed by atoms with van der Waals surface area (Å²) in [7, 11) is 0. The van der Waals surface area contributed by atoms with Crippen molar-refractivity contribution in [1.29, 1.82) is 0 Å². The van der Waals surface area contributed by atoms with Gasteiger partial charge < -0.3 is 10.6 Å². The van der Waals surface area contributed by atoms with Gasteiger partial charge in [-0.3, -0.25) is 0 Å². The molecule has 6 heteroatoms. The van der Waals surface area contributed by atoms with Crippen molar-refractivity contribution in [3.05, 3.63) is 48.0 Å². The molecule has 0 spiro atoms. The minimum Gasteiger partial charge on any atom is -0.399 e. The number of anilines is 1. The van der Waals surface area contributed by atoms with Crippen LogP contribution in [0.1, 0.15) is 5.56 Å². The van der Waals surface area contributed by atoms with Crippen LogP contribution in [0.15, 0.2) is 52.7 Å². The lowest BCUT2D eigenvalue weighted by atomic mass is 10.2. The van der Waals surface area contributed by atoms with Crippen LogP contribution in [0.3, 0.4) is 0 Å². The maximum Gasteiger partial charge on any atom is 0.166 e. The van der Waals surface area contributed by atoms with E-state index >= 15 is 0 Å². The lowest BCUT2D eigenvalue weighted by molar-refractivity contribution is -0.0770. The van der Waals surface area contributed by atoms with Crippen molar-refractivity contribution in [2.45, 2.75) is 6.92 Å². The van der Waals surface area contributed by atoms with Crippen LogP contribution >= 0.6 is 12.0 Å². The first kappa shape index (κ1) is 14.4. The van der Waals surface area contributed by atoms with E-state index in [0.717, 1.165) is 34.7 Å². The normalized spacial score (nSPS) is 10.9. The van der Waals surface area contributed by atoms with E-state index in [4.69, 9.17) is 15.0 Å². The monoisotopic (exact) mass is 289 g/mol. The van der Waals surface area contributed by atoms with Gasteiger partial charge in [-0.25, -0.2) is 0 Å². The van der Waals surface area contributed by atoms with Crippen molar-refractivity contribution in [1.82, 2.24) is 0 Å². The second-order valence-corrected chi connectivity index (χ2v) is 4.53. The van der Waals surface area contributed by atoms with E-state index in [-0.39, 0.29) is 0 Å². The number of hydrogen-bond acceptors (Lipinski definition) is 6. The van der Waals surface area contributed by atoms with Gasteiger partial charge in [0.25, 0.3) is 0 Å². The molecule has 104 valence electrons. The van der Waals surface area contributed by atoms with Gasteiger partial charge in [-0.1, -0.05) is 0 Å². The summed E-state index contributed by atoms with van der Waals surface area (Å²) in [5.74, 6) is 0.613. The molecule has 0 bridgehead atoms. The molecule has 0 unspecified atom stereocenters. The van der Waals surface area contributed by atoms with E-state index in [9.17, 15) is 0 Å². The maximum absolute atomic E-state index is 5.69. The summed E-state index contributed by atoms with van der Waals surface area (Å²) in [5, 5.41) is 8.37. The molecule has 0 amide bonds. The third kappa shape index (κ3) is 3.97. The predicted molar refractivity (Wildman–Crippen MR) is 81.4 cm³/mol. The van der Waals surface area contributed by atoms with Gasteiger partial charge in [0.05, 0.1) is 11.4 Å². The summed E-state index contributed by atoms with van der Waals surface area (Å²) in [6.07, 6.45) is 1.78. The molecule has 0 atom stereocenters. The number of benzene rings is 2.